The molecule has 0 saturated carbocycles. The maximum atomic E-state index is 5.83. The molecule has 0 bridgehead atoms. The Morgan fingerprint density at radius 1 is 1.17 bits per heavy atom. The first-order valence-electron chi connectivity index (χ1n) is 7.96. The van der Waals surface area contributed by atoms with Crippen LogP contribution in [0, 0.1) is 5.92 Å². The van der Waals surface area contributed by atoms with Crippen LogP contribution in [0.2, 0.25) is 0 Å². The molecule has 4 nitrogen and oxygen atoms in total. The molecule has 0 amide bonds. The van der Waals surface area contributed by atoms with Crippen molar-refractivity contribution in [2.45, 2.75) is 53.4 Å². The number of benzene rings is 1. The fourth-order valence-electron chi connectivity index (χ4n) is 1.84. The van der Waals surface area contributed by atoms with Crippen molar-refractivity contribution >= 4 is 29.9 Å². The monoisotopic (exact) mass is 433 g/mol. The van der Waals surface area contributed by atoms with Gasteiger partial charge >= 0.3 is 0 Å². The highest BCUT2D eigenvalue weighted by molar-refractivity contribution is 14.0. The molecule has 0 atom stereocenters. The van der Waals surface area contributed by atoms with Gasteiger partial charge in [0.05, 0.1) is 12.2 Å². The Kier molecular flexibility index (Phi) is 10.5. The number of hydrogen-bond acceptors (Lipinski definition) is 2. The van der Waals surface area contributed by atoms with E-state index in [0.29, 0.717) is 12.5 Å². The van der Waals surface area contributed by atoms with E-state index in [2.05, 4.69) is 74.5 Å². The number of aliphatic imine (C=N–C) groups is 1. The van der Waals surface area contributed by atoms with Crippen molar-refractivity contribution in [2.75, 3.05) is 13.6 Å². The molecule has 0 heterocycles. The van der Waals surface area contributed by atoms with Crippen LogP contribution in [0.4, 0.5) is 0 Å². The second kappa shape index (κ2) is 10.9. The zero-order valence-corrected chi connectivity index (χ0v) is 17.6. The molecule has 0 aliphatic carbocycles. The fourth-order valence-corrected chi connectivity index (χ4v) is 1.84. The van der Waals surface area contributed by atoms with Gasteiger partial charge in [0.15, 0.2) is 5.96 Å². The summed E-state index contributed by atoms with van der Waals surface area (Å²) in [5.41, 5.74) is 2.30. The largest absolute Gasteiger partial charge is 0.371 e. The number of ether oxygens (including phenoxy) is 1. The Morgan fingerprint density at radius 3 is 2.39 bits per heavy atom. The maximum absolute atomic E-state index is 5.83. The molecular weight excluding hydrogens is 401 g/mol. The number of nitrogens with one attached hydrogen (secondary N) is 2. The number of guanidine groups is 1. The average molecular weight is 433 g/mol. The second-order valence-corrected chi connectivity index (χ2v) is 6.92. The summed E-state index contributed by atoms with van der Waals surface area (Å²) in [6.45, 7) is 12.9. The van der Waals surface area contributed by atoms with Gasteiger partial charge in [-0.15, -0.1) is 24.0 Å². The molecule has 5 heteroatoms. The first kappa shape index (κ1) is 22.2. The Hall–Kier alpha value is -0.820. The molecule has 0 fully saturated rings. The standard InChI is InChI=1S/C18H31N3O.HI/c1-14(2)11-20-17(19-6)21-12-15-8-7-9-16(10-15)13-22-18(3,4)5;/h7-10,14H,11-13H2,1-6H3,(H2,19,20,21);1H. The van der Waals surface area contributed by atoms with E-state index in [4.69, 9.17) is 4.74 Å². The van der Waals surface area contributed by atoms with Gasteiger partial charge < -0.3 is 15.4 Å². The summed E-state index contributed by atoms with van der Waals surface area (Å²) in [6, 6.07) is 8.46. The lowest BCUT2D eigenvalue weighted by Gasteiger charge is -2.20. The number of hydrogen-bond donors (Lipinski definition) is 2. The molecule has 0 aliphatic rings. The molecule has 23 heavy (non-hydrogen) atoms. The van der Waals surface area contributed by atoms with Gasteiger partial charge in [-0.1, -0.05) is 38.1 Å². The van der Waals surface area contributed by atoms with E-state index in [1.54, 1.807) is 7.05 Å². The summed E-state index contributed by atoms with van der Waals surface area (Å²) in [5.74, 6) is 1.43. The third-order valence-electron chi connectivity index (χ3n) is 3.02. The van der Waals surface area contributed by atoms with Gasteiger partial charge in [-0.25, -0.2) is 0 Å². The van der Waals surface area contributed by atoms with Crippen molar-refractivity contribution in [3.63, 3.8) is 0 Å². The van der Waals surface area contributed by atoms with E-state index in [-0.39, 0.29) is 29.6 Å². The van der Waals surface area contributed by atoms with Crippen molar-refractivity contribution in [1.29, 1.82) is 0 Å². The van der Waals surface area contributed by atoms with Crippen molar-refractivity contribution < 1.29 is 4.74 Å². The maximum Gasteiger partial charge on any atom is 0.191 e. The van der Waals surface area contributed by atoms with Crippen molar-refractivity contribution in [1.82, 2.24) is 10.6 Å². The quantitative estimate of drug-likeness (QED) is 0.406. The molecule has 0 unspecified atom stereocenters. The number of halogens is 1. The minimum atomic E-state index is -0.114. The Bertz CT molecular complexity index is 481. The molecule has 1 aromatic rings. The second-order valence-electron chi connectivity index (χ2n) is 6.92. The Labute approximate surface area is 158 Å². The molecule has 1 rings (SSSR count). The summed E-state index contributed by atoms with van der Waals surface area (Å²) in [4.78, 5) is 4.24. The molecule has 0 radical (unpaired) electrons. The van der Waals surface area contributed by atoms with Gasteiger partial charge in [0.25, 0.3) is 0 Å². The highest BCUT2D eigenvalue weighted by atomic mass is 127. The average Bonchev–Trinajstić information content (AvgIpc) is 2.45. The van der Waals surface area contributed by atoms with E-state index in [0.717, 1.165) is 19.0 Å². The molecule has 2 N–H and O–H groups in total. The molecular formula is C18H32IN3O. The van der Waals surface area contributed by atoms with E-state index in [9.17, 15) is 0 Å². The van der Waals surface area contributed by atoms with E-state index in [1.165, 1.54) is 11.1 Å². The van der Waals surface area contributed by atoms with E-state index >= 15 is 0 Å². The predicted molar refractivity (Wildman–Crippen MR) is 109 cm³/mol. The molecule has 132 valence electrons. The van der Waals surface area contributed by atoms with Crippen LogP contribution in [0.1, 0.15) is 45.7 Å². The van der Waals surface area contributed by atoms with Gasteiger partial charge in [0.1, 0.15) is 0 Å². The number of nitrogens with zero attached hydrogens (tertiary/aromatic N) is 1. The Morgan fingerprint density at radius 2 is 1.83 bits per heavy atom. The van der Waals surface area contributed by atoms with Crippen LogP contribution < -0.4 is 10.6 Å². The van der Waals surface area contributed by atoms with Gasteiger partial charge in [0.2, 0.25) is 0 Å². The minimum absolute atomic E-state index is 0. The minimum Gasteiger partial charge on any atom is -0.371 e. The van der Waals surface area contributed by atoms with Crippen LogP contribution in [0.25, 0.3) is 0 Å². The fraction of sp³-hybridized carbons (Fsp3) is 0.611. The highest BCUT2D eigenvalue weighted by Gasteiger charge is 2.10. The van der Waals surface area contributed by atoms with Gasteiger partial charge in [-0.05, 0) is 37.8 Å². The normalized spacial score (nSPS) is 12.0. The van der Waals surface area contributed by atoms with Crippen LogP contribution in [0.15, 0.2) is 29.3 Å². The third kappa shape index (κ3) is 10.5. The molecule has 0 saturated heterocycles. The van der Waals surface area contributed by atoms with Gasteiger partial charge in [0, 0.05) is 20.1 Å². The summed E-state index contributed by atoms with van der Waals surface area (Å²) in [6.07, 6.45) is 0. The van der Waals surface area contributed by atoms with Crippen LogP contribution >= 0.6 is 24.0 Å². The van der Waals surface area contributed by atoms with Crippen molar-refractivity contribution in [3.05, 3.63) is 35.4 Å². The lowest BCUT2D eigenvalue weighted by atomic mass is 10.1. The number of rotatable bonds is 6. The first-order valence-corrected chi connectivity index (χ1v) is 7.96. The lowest BCUT2D eigenvalue weighted by Crippen LogP contribution is -2.38. The lowest BCUT2D eigenvalue weighted by molar-refractivity contribution is -0.0149. The zero-order valence-electron chi connectivity index (χ0n) is 15.3. The van der Waals surface area contributed by atoms with Gasteiger partial charge in [-0.3, -0.25) is 4.99 Å². The highest BCUT2D eigenvalue weighted by Crippen LogP contribution is 2.13. The first-order chi connectivity index (χ1) is 10.3. The molecule has 1 aromatic carbocycles. The van der Waals surface area contributed by atoms with Crippen molar-refractivity contribution in [3.8, 4) is 0 Å². The van der Waals surface area contributed by atoms with E-state index < -0.39 is 0 Å². The van der Waals surface area contributed by atoms with E-state index in [1.807, 2.05) is 0 Å². The summed E-state index contributed by atoms with van der Waals surface area (Å²) < 4.78 is 5.83. The SMILES string of the molecule is CN=C(NCc1cccc(COC(C)(C)C)c1)NCC(C)C.I. The predicted octanol–water partition coefficient (Wildman–Crippen LogP) is 3.94. The Balaban J connectivity index is 0.00000484. The summed E-state index contributed by atoms with van der Waals surface area (Å²) >= 11 is 0. The topological polar surface area (TPSA) is 45.7 Å². The van der Waals surface area contributed by atoms with Crippen molar-refractivity contribution in [2.24, 2.45) is 10.9 Å². The summed E-state index contributed by atoms with van der Waals surface area (Å²) in [5, 5.41) is 6.65. The molecule has 0 spiro atoms. The van der Waals surface area contributed by atoms with Crippen LogP contribution in [-0.4, -0.2) is 25.2 Å². The third-order valence-corrected chi connectivity index (χ3v) is 3.02. The van der Waals surface area contributed by atoms with Crippen LogP contribution in [0.3, 0.4) is 0 Å². The molecule has 0 aromatic heterocycles. The van der Waals surface area contributed by atoms with Crippen LogP contribution in [0.5, 0.6) is 0 Å². The summed E-state index contributed by atoms with van der Waals surface area (Å²) in [7, 11) is 1.79. The van der Waals surface area contributed by atoms with Gasteiger partial charge in [-0.2, -0.15) is 0 Å². The molecule has 0 aliphatic heterocycles. The van der Waals surface area contributed by atoms with Crippen LogP contribution in [-0.2, 0) is 17.9 Å². The zero-order chi connectivity index (χ0) is 16.6. The smallest absolute Gasteiger partial charge is 0.191 e.